The number of benzene rings is 1. The highest BCUT2D eigenvalue weighted by molar-refractivity contribution is 9.11. The average Bonchev–Trinajstić information content (AvgIpc) is 2.83. The number of carbonyl (C=O) groups excluding carboxylic acids is 1. The Kier molecular flexibility index (Phi) is 5.15. The summed E-state index contributed by atoms with van der Waals surface area (Å²) >= 11 is 4.99. The van der Waals surface area contributed by atoms with Crippen molar-refractivity contribution in [1.82, 2.24) is 0 Å². The second-order valence-electron chi connectivity index (χ2n) is 4.74. The maximum Gasteiger partial charge on any atom is 0.248 e. The van der Waals surface area contributed by atoms with E-state index in [4.69, 9.17) is 0 Å². The maximum absolute atomic E-state index is 11.8. The number of hydrogen-bond acceptors (Lipinski definition) is 2. The molecule has 0 atom stereocenters. The number of amides is 1. The first-order chi connectivity index (χ1) is 9.54. The standard InChI is InChI=1S/C16H16BrNOS/c1-11(2)12-3-5-13(6-4-12)18-16(19)10-8-14-7-9-15(17)20-14/h3-11H,1-2H3,(H,18,19)/b10-8+. The maximum atomic E-state index is 11.8. The first-order valence-electron chi connectivity index (χ1n) is 6.39. The number of nitrogens with one attached hydrogen (secondary N) is 1. The van der Waals surface area contributed by atoms with Crippen LogP contribution in [0.2, 0.25) is 0 Å². The average molecular weight is 350 g/mol. The third-order valence-electron chi connectivity index (χ3n) is 2.84. The Hall–Kier alpha value is -1.39. The quantitative estimate of drug-likeness (QED) is 0.746. The molecule has 0 aliphatic carbocycles. The van der Waals surface area contributed by atoms with Crippen LogP contribution in [0.5, 0.6) is 0 Å². The molecule has 2 rings (SSSR count). The van der Waals surface area contributed by atoms with Crippen LogP contribution in [0.25, 0.3) is 6.08 Å². The van der Waals surface area contributed by atoms with Crippen molar-refractivity contribution < 1.29 is 4.79 Å². The van der Waals surface area contributed by atoms with E-state index in [9.17, 15) is 4.79 Å². The van der Waals surface area contributed by atoms with Crippen molar-refractivity contribution in [2.75, 3.05) is 5.32 Å². The van der Waals surface area contributed by atoms with Crippen LogP contribution in [-0.2, 0) is 4.79 Å². The smallest absolute Gasteiger partial charge is 0.248 e. The third-order valence-corrected chi connectivity index (χ3v) is 4.43. The van der Waals surface area contributed by atoms with Gasteiger partial charge in [-0.1, -0.05) is 26.0 Å². The lowest BCUT2D eigenvalue weighted by molar-refractivity contribution is -0.111. The topological polar surface area (TPSA) is 29.1 Å². The zero-order valence-corrected chi connectivity index (χ0v) is 13.8. The van der Waals surface area contributed by atoms with Crippen LogP contribution in [0.15, 0.2) is 46.3 Å². The number of carbonyl (C=O) groups is 1. The number of hydrogen-bond donors (Lipinski definition) is 1. The van der Waals surface area contributed by atoms with Crippen LogP contribution in [0.1, 0.15) is 30.2 Å². The van der Waals surface area contributed by atoms with E-state index >= 15 is 0 Å². The zero-order valence-electron chi connectivity index (χ0n) is 11.4. The SMILES string of the molecule is CC(C)c1ccc(NC(=O)/C=C/c2ccc(Br)s2)cc1. The summed E-state index contributed by atoms with van der Waals surface area (Å²) in [6, 6.07) is 11.9. The molecule has 0 bridgehead atoms. The van der Waals surface area contributed by atoms with Crippen molar-refractivity contribution in [2.45, 2.75) is 19.8 Å². The van der Waals surface area contributed by atoms with Gasteiger partial charge in [-0.25, -0.2) is 0 Å². The van der Waals surface area contributed by atoms with Crippen molar-refractivity contribution in [3.8, 4) is 0 Å². The molecule has 1 heterocycles. The van der Waals surface area contributed by atoms with E-state index in [1.165, 1.54) is 5.56 Å². The first-order valence-corrected chi connectivity index (χ1v) is 8.00. The molecule has 0 aliphatic rings. The Bertz CT molecular complexity index is 614. The second-order valence-corrected chi connectivity index (χ2v) is 7.24. The fourth-order valence-electron chi connectivity index (χ4n) is 1.71. The highest BCUT2D eigenvalue weighted by Crippen LogP contribution is 2.23. The van der Waals surface area contributed by atoms with Gasteiger partial charge in [0.2, 0.25) is 5.91 Å². The second kappa shape index (κ2) is 6.86. The lowest BCUT2D eigenvalue weighted by Crippen LogP contribution is -2.07. The van der Waals surface area contributed by atoms with Crippen LogP contribution in [0.3, 0.4) is 0 Å². The van der Waals surface area contributed by atoms with Gasteiger partial charge in [-0.2, -0.15) is 0 Å². The van der Waals surface area contributed by atoms with Gasteiger partial charge in [0.1, 0.15) is 0 Å². The van der Waals surface area contributed by atoms with Crippen LogP contribution in [0, 0.1) is 0 Å². The predicted octanol–water partition coefficient (Wildman–Crippen LogP) is 5.29. The summed E-state index contributed by atoms with van der Waals surface area (Å²) in [6.45, 7) is 4.30. The molecule has 2 nitrogen and oxygen atoms in total. The molecular formula is C16H16BrNOS. The van der Waals surface area contributed by atoms with Crippen molar-refractivity contribution in [3.63, 3.8) is 0 Å². The van der Waals surface area contributed by atoms with E-state index < -0.39 is 0 Å². The minimum absolute atomic E-state index is 0.119. The monoisotopic (exact) mass is 349 g/mol. The van der Waals surface area contributed by atoms with Gasteiger partial charge in [0, 0.05) is 16.6 Å². The van der Waals surface area contributed by atoms with Crippen LogP contribution in [0.4, 0.5) is 5.69 Å². The molecule has 0 aliphatic heterocycles. The third kappa shape index (κ3) is 4.32. The molecule has 1 amide bonds. The Balaban J connectivity index is 1.95. The first kappa shape index (κ1) is 15.0. The van der Waals surface area contributed by atoms with Crippen molar-refractivity contribution >= 4 is 44.9 Å². The molecular weight excluding hydrogens is 334 g/mol. The molecule has 0 spiro atoms. The largest absolute Gasteiger partial charge is 0.323 e. The number of thiophene rings is 1. The molecule has 0 saturated carbocycles. The lowest BCUT2D eigenvalue weighted by Gasteiger charge is -2.07. The van der Waals surface area contributed by atoms with Gasteiger partial charge in [-0.15, -0.1) is 11.3 Å². The molecule has 20 heavy (non-hydrogen) atoms. The van der Waals surface area contributed by atoms with Gasteiger partial charge in [-0.3, -0.25) is 4.79 Å². The molecule has 1 aromatic carbocycles. The summed E-state index contributed by atoms with van der Waals surface area (Å²) in [7, 11) is 0. The number of halogens is 1. The Morgan fingerprint density at radius 1 is 1.20 bits per heavy atom. The minimum Gasteiger partial charge on any atom is -0.323 e. The molecule has 0 radical (unpaired) electrons. The fraction of sp³-hybridized carbons (Fsp3) is 0.188. The Morgan fingerprint density at radius 2 is 1.90 bits per heavy atom. The van der Waals surface area contributed by atoms with E-state index in [1.807, 2.05) is 42.5 Å². The number of rotatable bonds is 4. The summed E-state index contributed by atoms with van der Waals surface area (Å²) in [4.78, 5) is 12.9. The van der Waals surface area contributed by atoms with Crippen molar-refractivity contribution in [1.29, 1.82) is 0 Å². The Labute approximate surface area is 131 Å². The van der Waals surface area contributed by atoms with Gasteiger partial charge in [0.15, 0.2) is 0 Å². The van der Waals surface area contributed by atoms with Gasteiger partial charge < -0.3 is 5.32 Å². The van der Waals surface area contributed by atoms with E-state index in [1.54, 1.807) is 17.4 Å². The molecule has 104 valence electrons. The van der Waals surface area contributed by atoms with Crippen LogP contribution >= 0.6 is 27.3 Å². The number of anilines is 1. The summed E-state index contributed by atoms with van der Waals surface area (Å²) in [5, 5.41) is 2.85. The van der Waals surface area contributed by atoms with Gasteiger partial charge >= 0.3 is 0 Å². The molecule has 0 unspecified atom stereocenters. The molecule has 4 heteroatoms. The van der Waals surface area contributed by atoms with Crippen LogP contribution in [-0.4, -0.2) is 5.91 Å². The highest BCUT2D eigenvalue weighted by Gasteiger charge is 2.01. The van der Waals surface area contributed by atoms with E-state index in [2.05, 4.69) is 35.1 Å². The van der Waals surface area contributed by atoms with Gasteiger partial charge in [0.25, 0.3) is 0 Å². The van der Waals surface area contributed by atoms with E-state index in [0.717, 1.165) is 14.4 Å². The molecule has 0 fully saturated rings. The normalized spacial score (nSPS) is 11.2. The van der Waals surface area contributed by atoms with Crippen molar-refractivity contribution in [3.05, 3.63) is 56.7 Å². The summed E-state index contributed by atoms with van der Waals surface area (Å²) in [5.41, 5.74) is 2.08. The summed E-state index contributed by atoms with van der Waals surface area (Å²) in [6.07, 6.45) is 3.36. The predicted molar refractivity (Wildman–Crippen MR) is 90.2 cm³/mol. The molecule has 1 aromatic heterocycles. The van der Waals surface area contributed by atoms with E-state index in [-0.39, 0.29) is 5.91 Å². The van der Waals surface area contributed by atoms with Crippen molar-refractivity contribution in [2.24, 2.45) is 0 Å². The molecule has 0 saturated heterocycles. The van der Waals surface area contributed by atoms with Gasteiger partial charge in [-0.05, 0) is 57.8 Å². The minimum atomic E-state index is -0.119. The Morgan fingerprint density at radius 3 is 2.45 bits per heavy atom. The lowest BCUT2D eigenvalue weighted by atomic mass is 10.0. The summed E-state index contributed by atoms with van der Waals surface area (Å²) < 4.78 is 1.06. The highest BCUT2D eigenvalue weighted by atomic mass is 79.9. The zero-order chi connectivity index (χ0) is 14.5. The van der Waals surface area contributed by atoms with Gasteiger partial charge in [0.05, 0.1) is 3.79 Å². The van der Waals surface area contributed by atoms with E-state index in [0.29, 0.717) is 5.92 Å². The fourth-order valence-corrected chi connectivity index (χ4v) is 3.04. The van der Waals surface area contributed by atoms with Crippen LogP contribution < -0.4 is 5.32 Å². The summed E-state index contributed by atoms with van der Waals surface area (Å²) in [5.74, 6) is 0.378. The molecule has 2 aromatic rings. The molecule has 1 N–H and O–H groups in total.